The van der Waals surface area contributed by atoms with Gasteiger partial charge in [0.25, 0.3) is 0 Å². The van der Waals surface area contributed by atoms with Crippen molar-refractivity contribution in [1.82, 2.24) is 19.7 Å². The van der Waals surface area contributed by atoms with Crippen molar-refractivity contribution in [3.8, 4) is 0 Å². The van der Waals surface area contributed by atoms with Gasteiger partial charge < -0.3 is 10.6 Å². The molecule has 128 valence electrons. The summed E-state index contributed by atoms with van der Waals surface area (Å²) in [5.74, 6) is -0.534. The van der Waals surface area contributed by atoms with Gasteiger partial charge in [0.05, 0.1) is 17.6 Å². The summed E-state index contributed by atoms with van der Waals surface area (Å²) in [5.41, 5.74) is 7.24. The molecule has 3 heterocycles. The number of hydrogen-bond donors (Lipinski definition) is 1. The summed E-state index contributed by atoms with van der Waals surface area (Å²) in [6, 6.07) is 4.41. The Balaban J connectivity index is 1.75. The molecule has 0 bridgehead atoms. The molecule has 1 aromatic carbocycles. The highest BCUT2D eigenvalue weighted by molar-refractivity contribution is 5.90. The molecule has 0 radical (unpaired) electrons. The van der Waals surface area contributed by atoms with E-state index in [0.717, 1.165) is 5.56 Å². The van der Waals surface area contributed by atoms with E-state index in [-0.39, 0.29) is 23.6 Å². The summed E-state index contributed by atoms with van der Waals surface area (Å²) in [4.78, 5) is 22.4. The van der Waals surface area contributed by atoms with Gasteiger partial charge in [-0.05, 0) is 23.8 Å². The van der Waals surface area contributed by atoms with E-state index in [9.17, 15) is 9.18 Å². The minimum atomic E-state index is -0.360. The topological polar surface area (TPSA) is 89.9 Å². The number of hydrogen-bond acceptors (Lipinski definition) is 5. The summed E-state index contributed by atoms with van der Waals surface area (Å²) in [6.07, 6.45) is 5.09. The van der Waals surface area contributed by atoms with Crippen LogP contribution in [0.4, 0.5) is 10.2 Å². The number of rotatable bonds is 3. The third kappa shape index (κ3) is 2.69. The van der Waals surface area contributed by atoms with Crippen LogP contribution in [0.15, 0.2) is 36.9 Å². The Morgan fingerprint density at radius 1 is 1.32 bits per heavy atom. The van der Waals surface area contributed by atoms with Gasteiger partial charge in [0.2, 0.25) is 5.91 Å². The molecule has 3 aromatic rings. The summed E-state index contributed by atoms with van der Waals surface area (Å²) < 4.78 is 15.4. The van der Waals surface area contributed by atoms with E-state index in [1.54, 1.807) is 16.9 Å². The van der Waals surface area contributed by atoms with Gasteiger partial charge in [0.15, 0.2) is 0 Å². The maximum Gasteiger partial charge on any atom is 0.223 e. The number of primary amides is 1. The Morgan fingerprint density at radius 2 is 2.16 bits per heavy atom. The fraction of sp³-hybridized carbons (Fsp3) is 0.294. The molecule has 4 rings (SSSR count). The lowest BCUT2D eigenvalue weighted by molar-refractivity contribution is -0.121. The molecular weight excluding hydrogens is 323 g/mol. The van der Waals surface area contributed by atoms with Crippen LogP contribution in [0.25, 0.3) is 10.9 Å². The second-order valence-corrected chi connectivity index (χ2v) is 6.33. The van der Waals surface area contributed by atoms with E-state index in [2.05, 4.69) is 15.1 Å². The first-order chi connectivity index (χ1) is 12.0. The number of carbonyl (C=O) groups is 1. The second kappa shape index (κ2) is 5.80. The predicted octanol–water partition coefficient (Wildman–Crippen LogP) is 1.21. The van der Waals surface area contributed by atoms with Crippen LogP contribution in [0.1, 0.15) is 11.5 Å². The molecular formula is C17H17FN6O. The number of fused-ring (bicyclic) bond motifs is 1. The molecule has 25 heavy (non-hydrogen) atoms. The first-order valence-electron chi connectivity index (χ1n) is 7.96. The molecule has 0 aliphatic carbocycles. The Morgan fingerprint density at radius 3 is 2.88 bits per heavy atom. The highest BCUT2D eigenvalue weighted by Crippen LogP contribution is 2.36. The predicted molar refractivity (Wildman–Crippen MR) is 90.3 cm³/mol. The molecule has 2 atom stereocenters. The lowest BCUT2D eigenvalue weighted by atomic mass is 9.90. The lowest BCUT2D eigenvalue weighted by Gasteiger charge is -2.18. The van der Waals surface area contributed by atoms with Gasteiger partial charge in [0.1, 0.15) is 18.0 Å². The van der Waals surface area contributed by atoms with E-state index in [1.165, 1.54) is 18.5 Å². The van der Waals surface area contributed by atoms with Crippen LogP contribution in [0.3, 0.4) is 0 Å². The monoisotopic (exact) mass is 340 g/mol. The fourth-order valence-corrected chi connectivity index (χ4v) is 3.50. The van der Waals surface area contributed by atoms with Gasteiger partial charge >= 0.3 is 0 Å². The molecule has 1 fully saturated rings. The molecule has 8 heteroatoms. The van der Waals surface area contributed by atoms with Crippen LogP contribution in [-0.4, -0.2) is 38.7 Å². The first kappa shape index (κ1) is 15.5. The van der Waals surface area contributed by atoms with Crippen LogP contribution < -0.4 is 10.6 Å². The summed E-state index contributed by atoms with van der Waals surface area (Å²) in [6.45, 7) is 0.986. The minimum Gasteiger partial charge on any atom is -0.369 e. The highest BCUT2D eigenvalue weighted by Gasteiger charge is 2.39. The van der Waals surface area contributed by atoms with Crippen molar-refractivity contribution in [3.63, 3.8) is 0 Å². The van der Waals surface area contributed by atoms with Gasteiger partial charge in [-0.15, -0.1) is 0 Å². The summed E-state index contributed by atoms with van der Waals surface area (Å²) >= 11 is 0. The van der Waals surface area contributed by atoms with Gasteiger partial charge in [-0.25, -0.2) is 14.4 Å². The number of benzene rings is 1. The zero-order valence-electron chi connectivity index (χ0n) is 13.6. The van der Waals surface area contributed by atoms with Crippen molar-refractivity contribution in [2.45, 2.75) is 5.92 Å². The maximum absolute atomic E-state index is 13.7. The normalized spacial score (nSPS) is 20.3. The number of aromatic nitrogens is 4. The number of halogens is 1. The van der Waals surface area contributed by atoms with Crippen molar-refractivity contribution >= 4 is 22.6 Å². The third-order valence-electron chi connectivity index (χ3n) is 4.71. The average Bonchev–Trinajstić information content (AvgIpc) is 3.20. The molecule has 1 aliphatic rings. The van der Waals surface area contributed by atoms with Crippen LogP contribution in [-0.2, 0) is 11.8 Å². The van der Waals surface area contributed by atoms with E-state index >= 15 is 0 Å². The molecule has 1 saturated heterocycles. The van der Waals surface area contributed by atoms with Gasteiger partial charge in [-0.1, -0.05) is 0 Å². The second-order valence-electron chi connectivity index (χ2n) is 6.33. The van der Waals surface area contributed by atoms with E-state index in [4.69, 9.17) is 5.73 Å². The number of aryl methyl sites for hydroxylation is 1. The van der Waals surface area contributed by atoms with Crippen molar-refractivity contribution in [2.75, 3.05) is 18.0 Å². The number of anilines is 1. The van der Waals surface area contributed by atoms with Crippen LogP contribution in [0, 0.1) is 11.7 Å². The number of amides is 1. The Hall–Kier alpha value is -3.03. The fourth-order valence-electron chi connectivity index (χ4n) is 3.50. The smallest absolute Gasteiger partial charge is 0.223 e. The largest absolute Gasteiger partial charge is 0.369 e. The van der Waals surface area contributed by atoms with E-state index in [1.807, 2.05) is 18.1 Å². The molecule has 0 unspecified atom stereocenters. The Labute approximate surface area is 143 Å². The first-order valence-corrected chi connectivity index (χ1v) is 7.96. The van der Waals surface area contributed by atoms with Gasteiger partial charge in [-0.3, -0.25) is 9.48 Å². The van der Waals surface area contributed by atoms with Gasteiger partial charge in [-0.2, -0.15) is 5.10 Å². The van der Waals surface area contributed by atoms with Crippen LogP contribution >= 0.6 is 0 Å². The van der Waals surface area contributed by atoms with Crippen LogP contribution in [0.2, 0.25) is 0 Å². The summed E-state index contributed by atoms with van der Waals surface area (Å²) in [7, 11) is 1.83. The highest BCUT2D eigenvalue weighted by atomic mass is 19.1. The molecule has 1 amide bonds. The molecule has 7 nitrogen and oxygen atoms in total. The molecule has 0 saturated carbocycles. The third-order valence-corrected chi connectivity index (χ3v) is 4.71. The molecule has 0 spiro atoms. The lowest BCUT2D eigenvalue weighted by Crippen LogP contribution is -2.29. The Kier molecular flexibility index (Phi) is 3.60. The molecule has 2 aromatic heterocycles. The summed E-state index contributed by atoms with van der Waals surface area (Å²) in [5, 5.41) is 4.81. The zero-order chi connectivity index (χ0) is 17.6. The molecule has 2 N–H and O–H groups in total. The van der Waals surface area contributed by atoms with E-state index in [0.29, 0.717) is 29.8 Å². The maximum atomic E-state index is 13.7. The average molecular weight is 340 g/mol. The van der Waals surface area contributed by atoms with Crippen molar-refractivity contribution in [3.05, 3.63) is 48.3 Å². The quantitative estimate of drug-likeness (QED) is 0.774. The number of nitrogens with two attached hydrogens (primary N) is 1. The standard InChI is InChI=1S/C17H17FN6O/c1-23-6-10(5-22-23)13-7-24(8-14(13)16(19)25)17-12-4-11(18)2-3-15(12)20-9-21-17/h2-6,9,13-14H,7-8H2,1H3,(H2,19,25)/t13-,14+/m1/s1. The Bertz CT molecular complexity index is 955. The van der Waals surface area contributed by atoms with Crippen LogP contribution in [0.5, 0.6) is 0 Å². The van der Waals surface area contributed by atoms with E-state index < -0.39 is 0 Å². The molecule has 1 aliphatic heterocycles. The van der Waals surface area contributed by atoms with Crippen molar-refractivity contribution < 1.29 is 9.18 Å². The van der Waals surface area contributed by atoms with Crippen molar-refractivity contribution in [1.29, 1.82) is 0 Å². The van der Waals surface area contributed by atoms with Crippen molar-refractivity contribution in [2.24, 2.45) is 18.7 Å². The number of carbonyl (C=O) groups excluding carboxylic acids is 1. The zero-order valence-corrected chi connectivity index (χ0v) is 13.6. The SMILES string of the molecule is Cn1cc([C@H]2CN(c3ncnc4ccc(F)cc34)C[C@@H]2C(N)=O)cn1. The number of nitrogens with zero attached hydrogens (tertiary/aromatic N) is 5. The van der Waals surface area contributed by atoms with Gasteiger partial charge in [0, 0.05) is 37.6 Å². The minimum absolute atomic E-state index is 0.0789.